The Hall–Kier alpha value is -2.61. The van der Waals surface area contributed by atoms with Crippen molar-refractivity contribution in [3.63, 3.8) is 0 Å². The molecular formula is C25H26ClN3O3S. The Bertz CT molecular complexity index is 1120. The van der Waals surface area contributed by atoms with Gasteiger partial charge in [-0.2, -0.15) is 0 Å². The fourth-order valence-corrected chi connectivity index (χ4v) is 6.02. The Kier molecular flexibility index (Phi) is 6.53. The highest BCUT2D eigenvalue weighted by Crippen LogP contribution is 2.33. The van der Waals surface area contributed by atoms with Gasteiger partial charge in [-0.05, 0) is 43.2 Å². The van der Waals surface area contributed by atoms with Gasteiger partial charge in [0.15, 0.2) is 5.76 Å². The molecule has 0 saturated carbocycles. The van der Waals surface area contributed by atoms with Crippen molar-refractivity contribution in [2.24, 2.45) is 0 Å². The summed E-state index contributed by atoms with van der Waals surface area (Å²) in [6.07, 6.45) is 3.05. The summed E-state index contributed by atoms with van der Waals surface area (Å²) in [4.78, 5) is 34.4. The topological polar surface area (TPSA) is 57.0 Å². The fourth-order valence-electron chi connectivity index (χ4n) is 4.63. The summed E-state index contributed by atoms with van der Waals surface area (Å²) in [7, 11) is 0. The molecule has 0 N–H and O–H groups in total. The number of nitrogens with zero attached hydrogens (tertiary/aromatic N) is 3. The molecular weight excluding hydrogens is 458 g/mol. The van der Waals surface area contributed by atoms with Crippen LogP contribution >= 0.6 is 22.9 Å². The molecule has 6 nitrogen and oxygen atoms in total. The molecule has 2 saturated heterocycles. The van der Waals surface area contributed by atoms with Gasteiger partial charge in [0, 0.05) is 59.6 Å². The summed E-state index contributed by atoms with van der Waals surface area (Å²) in [5, 5.41) is 0.768. The van der Waals surface area contributed by atoms with E-state index in [-0.39, 0.29) is 17.9 Å². The number of rotatable bonds is 5. The van der Waals surface area contributed by atoms with E-state index in [0.717, 1.165) is 36.6 Å². The third-order valence-corrected chi connectivity index (χ3v) is 7.83. The van der Waals surface area contributed by atoms with Crippen molar-refractivity contribution in [1.82, 2.24) is 14.7 Å². The van der Waals surface area contributed by atoms with Crippen molar-refractivity contribution < 1.29 is 14.0 Å². The quantitative estimate of drug-likeness (QED) is 0.531. The summed E-state index contributed by atoms with van der Waals surface area (Å²) >= 11 is 8.11. The maximum Gasteiger partial charge on any atom is 0.290 e. The first-order valence-corrected chi connectivity index (χ1v) is 12.5. The smallest absolute Gasteiger partial charge is 0.290 e. The second-order valence-electron chi connectivity index (χ2n) is 8.48. The summed E-state index contributed by atoms with van der Waals surface area (Å²) in [5.74, 6) is 0.164. The highest BCUT2D eigenvalue weighted by Gasteiger charge is 2.38. The van der Waals surface area contributed by atoms with Gasteiger partial charge in [-0.25, -0.2) is 0 Å². The monoisotopic (exact) mass is 483 g/mol. The Morgan fingerprint density at radius 1 is 1.00 bits per heavy atom. The second-order valence-corrected chi connectivity index (χ2v) is 10.1. The molecule has 1 aromatic carbocycles. The maximum atomic E-state index is 13.2. The van der Waals surface area contributed by atoms with Crippen LogP contribution in [0.4, 0.5) is 0 Å². The number of hydrogen-bond donors (Lipinski definition) is 0. The average molecular weight is 484 g/mol. The third-order valence-electron chi connectivity index (χ3n) is 6.40. The van der Waals surface area contributed by atoms with Crippen molar-refractivity contribution in [3.8, 4) is 10.4 Å². The van der Waals surface area contributed by atoms with Crippen molar-refractivity contribution in [1.29, 1.82) is 0 Å². The van der Waals surface area contributed by atoms with Crippen molar-refractivity contribution in [3.05, 3.63) is 70.5 Å². The highest BCUT2D eigenvalue weighted by atomic mass is 35.5. The van der Waals surface area contributed by atoms with E-state index in [0.29, 0.717) is 31.8 Å². The Balaban J connectivity index is 1.16. The predicted molar refractivity (Wildman–Crippen MR) is 129 cm³/mol. The van der Waals surface area contributed by atoms with Crippen LogP contribution < -0.4 is 0 Å². The molecule has 0 radical (unpaired) electrons. The zero-order valence-corrected chi connectivity index (χ0v) is 19.9. The van der Waals surface area contributed by atoms with Crippen LogP contribution in [0, 0.1) is 0 Å². The van der Waals surface area contributed by atoms with Crippen LogP contribution in [-0.4, -0.2) is 65.3 Å². The van der Waals surface area contributed by atoms with E-state index in [4.69, 9.17) is 16.0 Å². The number of hydrogen-bond acceptors (Lipinski definition) is 5. The number of thiophene rings is 1. The second kappa shape index (κ2) is 9.71. The molecule has 33 heavy (non-hydrogen) atoms. The van der Waals surface area contributed by atoms with Crippen molar-refractivity contribution >= 4 is 34.8 Å². The molecule has 0 bridgehead atoms. The van der Waals surface area contributed by atoms with E-state index in [1.165, 1.54) is 16.0 Å². The van der Waals surface area contributed by atoms with E-state index in [1.54, 1.807) is 28.4 Å². The van der Waals surface area contributed by atoms with Gasteiger partial charge in [0.2, 0.25) is 5.91 Å². The fraction of sp³-hybridized carbons (Fsp3) is 0.360. The lowest BCUT2D eigenvalue weighted by molar-refractivity contribution is -0.137. The lowest BCUT2D eigenvalue weighted by atomic mass is 10.1. The molecule has 0 aliphatic carbocycles. The molecule has 2 fully saturated rings. The standard InChI is InChI=1S/C25H26ClN3O3S/c26-20-6-2-1-5-19(20)23-10-9-18(33-23)17-27-12-14-28(15-13-27)24(30)21-7-3-11-29(21)25(31)22-8-4-16-32-22/h1-2,4-6,8-10,16,21H,3,7,11-15,17H2. The van der Waals surface area contributed by atoms with Crippen molar-refractivity contribution in [2.75, 3.05) is 32.7 Å². The van der Waals surface area contributed by atoms with Gasteiger partial charge < -0.3 is 14.2 Å². The number of carbonyl (C=O) groups excluding carboxylic acids is 2. The summed E-state index contributed by atoms with van der Waals surface area (Å²) in [5.41, 5.74) is 1.07. The lowest BCUT2D eigenvalue weighted by Crippen LogP contribution is -2.54. The third kappa shape index (κ3) is 4.71. The molecule has 1 atom stereocenters. The van der Waals surface area contributed by atoms with Gasteiger partial charge in [0.1, 0.15) is 6.04 Å². The number of piperazine rings is 1. The molecule has 2 aliphatic heterocycles. The van der Waals surface area contributed by atoms with E-state index in [1.807, 2.05) is 29.2 Å². The molecule has 5 rings (SSSR count). The molecule has 3 aromatic rings. The van der Waals surface area contributed by atoms with Crippen LogP contribution in [0.15, 0.2) is 59.2 Å². The zero-order chi connectivity index (χ0) is 22.8. The molecule has 2 amide bonds. The molecule has 2 aromatic heterocycles. The van der Waals surface area contributed by atoms with Crippen LogP contribution in [0.25, 0.3) is 10.4 Å². The first-order valence-electron chi connectivity index (χ1n) is 11.3. The number of halogens is 1. The van der Waals surface area contributed by atoms with Gasteiger partial charge in [0.25, 0.3) is 5.91 Å². The SMILES string of the molecule is O=C(C1CCCN1C(=O)c1ccco1)N1CCN(Cc2ccc(-c3ccccc3Cl)s2)CC1. The van der Waals surface area contributed by atoms with Crippen LogP contribution in [0.5, 0.6) is 0 Å². The van der Waals surface area contributed by atoms with Gasteiger partial charge >= 0.3 is 0 Å². The molecule has 172 valence electrons. The highest BCUT2D eigenvalue weighted by molar-refractivity contribution is 7.15. The minimum Gasteiger partial charge on any atom is -0.459 e. The molecule has 4 heterocycles. The first-order chi connectivity index (χ1) is 16.1. The average Bonchev–Trinajstić information content (AvgIpc) is 3.61. The van der Waals surface area contributed by atoms with Crippen LogP contribution in [-0.2, 0) is 11.3 Å². The van der Waals surface area contributed by atoms with Crippen LogP contribution in [0.2, 0.25) is 5.02 Å². The van der Waals surface area contributed by atoms with E-state index in [2.05, 4.69) is 17.0 Å². The minimum absolute atomic E-state index is 0.0594. The molecule has 8 heteroatoms. The van der Waals surface area contributed by atoms with Crippen LogP contribution in [0.3, 0.4) is 0 Å². The van der Waals surface area contributed by atoms with Gasteiger partial charge in [0.05, 0.1) is 6.26 Å². The number of likely N-dealkylation sites (tertiary alicyclic amines) is 1. The van der Waals surface area contributed by atoms with Crippen LogP contribution in [0.1, 0.15) is 28.3 Å². The number of amides is 2. The normalized spacial score (nSPS) is 19.2. The largest absolute Gasteiger partial charge is 0.459 e. The Morgan fingerprint density at radius 3 is 2.58 bits per heavy atom. The van der Waals surface area contributed by atoms with Gasteiger partial charge in [-0.3, -0.25) is 14.5 Å². The molecule has 0 spiro atoms. The van der Waals surface area contributed by atoms with Gasteiger partial charge in [-0.15, -0.1) is 11.3 Å². The predicted octanol–water partition coefficient (Wildman–Crippen LogP) is 4.61. The van der Waals surface area contributed by atoms with Crippen molar-refractivity contribution in [2.45, 2.75) is 25.4 Å². The zero-order valence-electron chi connectivity index (χ0n) is 18.3. The van der Waals surface area contributed by atoms with E-state index < -0.39 is 0 Å². The minimum atomic E-state index is -0.385. The number of carbonyl (C=O) groups is 2. The first kappa shape index (κ1) is 22.2. The number of benzene rings is 1. The maximum absolute atomic E-state index is 13.2. The molecule has 2 aliphatic rings. The summed E-state index contributed by atoms with van der Waals surface area (Å²) in [6, 6.07) is 15.2. The summed E-state index contributed by atoms with van der Waals surface area (Å²) in [6.45, 7) is 4.47. The number of furan rings is 1. The Labute approximate surface area is 202 Å². The Morgan fingerprint density at radius 2 is 1.82 bits per heavy atom. The van der Waals surface area contributed by atoms with E-state index >= 15 is 0 Å². The lowest BCUT2D eigenvalue weighted by Gasteiger charge is -2.37. The molecule has 1 unspecified atom stereocenters. The van der Waals surface area contributed by atoms with Gasteiger partial charge in [-0.1, -0.05) is 29.8 Å². The summed E-state index contributed by atoms with van der Waals surface area (Å²) < 4.78 is 5.26. The van der Waals surface area contributed by atoms with E-state index in [9.17, 15) is 9.59 Å².